The topological polar surface area (TPSA) is 59.3 Å². The summed E-state index contributed by atoms with van der Waals surface area (Å²) in [7, 11) is 0. The van der Waals surface area contributed by atoms with Crippen LogP contribution in [0, 0.1) is 0 Å². The second-order valence-corrected chi connectivity index (χ2v) is 3.69. The number of aromatic nitrogens is 3. The number of amides is 1. The minimum atomic E-state index is -0.0776. The Morgan fingerprint density at radius 2 is 2.40 bits per heavy atom. The van der Waals surface area contributed by atoms with E-state index < -0.39 is 0 Å². The zero-order valence-electron chi connectivity index (χ0n) is 8.05. The Hall–Kier alpha value is -1.91. The number of rotatable bonds is 2. The summed E-state index contributed by atoms with van der Waals surface area (Å²) in [5, 5.41) is 6.98. The van der Waals surface area contributed by atoms with Crippen molar-refractivity contribution in [3.63, 3.8) is 0 Å². The van der Waals surface area contributed by atoms with Gasteiger partial charge in [-0.05, 0) is 18.9 Å². The van der Waals surface area contributed by atoms with Crippen molar-refractivity contribution in [3.05, 3.63) is 30.2 Å². The van der Waals surface area contributed by atoms with Gasteiger partial charge >= 0.3 is 0 Å². The lowest BCUT2D eigenvalue weighted by molar-refractivity contribution is 0.0952. The number of nitrogens with one attached hydrogen (secondary N) is 1. The summed E-state index contributed by atoms with van der Waals surface area (Å²) in [5.41, 5.74) is 1.15. The van der Waals surface area contributed by atoms with Gasteiger partial charge in [-0.15, -0.1) is 0 Å². The van der Waals surface area contributed by atoms with Gasteiger partial charge in [-0.1, -0.05) is 0 Å². The van der Waals surface area contributed by atoms with Crippen molar-refractivity contribution in [2.45, 2.75) is 18.9 Å². The molecule has 0 saturated heterocycles. The highest BCUT2D eigenvalue weighted by atomic mass is 16.1. The van der Waals surface area contributed by atoms with Crippen molar-refractivity contribution in [3.8, 4) is 0 Å². The van der Waals surface area contributed by atoms with E-state index in [0.29, 0.717) is 17.3 Å². The zero-order chi connectivity index (χ0) is 10.3. The summed E-state index contributed by atoms with van der Waals surface area (Å²) in [6.07, 6.45) is 7.15. The van der Waals surface area contributed by atoms with Gasteiger partial charge in [0.1, 0.15) is 5.56 Å². The largest absolute Gasteiger partial charge is 0.349 e. The molecule has 5 nitrogen and oxygen atoms in total. The van der Waals surface area contributed by atoms with E-state index in [1.807, 2.05) is 0 Å². The lowest BCUT2D eigenvalue weighted by atomic mass is 10.3. The van der Waals surface area contributed by atoms with Gasteiger partial charge in [0, 0.05) is 18.4 Å². The number of carbonyl (C=O) groups excluding carboxylic acids is 1. The molecule has 0 unspecified atom stereocenters. The fourth-order valence-corrected chi connectivity index (χ4v) is 1.48. The Bertz CT molecular complexity index is 515. The second kappa shape index (κ2) is 3.05. The first kappa shape index (κ1) is 8.40. The van der Waals surface area contributed by atoms with Gasteiger partial charge in [-0.25, -0.2) is 9.50 Å². The lowest BCUT2D eigenvalue weighted by Crippen LogP contribution is -2.25. The maximum atomic E-state index is 11.8. The van der Waals surface area contributed by atoms with E-state index in [-0.39, 0.29) is 5.91 Å². The van der Waals surface area contributed by atoms with Crippen molar-refractivity contribution >= 4 is 11.6 Å². The van der Waals surface area contributed by atoms with Crippen LogP contribution in [0.25, 0.3) is 5.65 Å². The van der Waals surface area contributed by atoms with E-state index in [1.165, 1.54) is 0 Å². The Morgan fingerprint density at radius 1 is 1.53 bits per heavy atom. The molecule has 1 aliphatic carbocycles. The van der Waals surface area contributed by atoms with Crippen LogP contribution in [0.3, 0.4) is 0 Å². The van der Waals surface area contributed by atoms with Gasteiger partial charge in [0.15, 0.2) is 5.65 Å². The first-order chi connectivity index (χ1) is 7.34. The quantitative estimate of drug-likeness (QED) is 0.776. The fourth-order valence-electron chi connectivity index (χ4n) is 1.48. The van der Waals surface area contributed by atoms with E-state index >= 15 is 0 Å². The van der Waals surface area contributed by atoms with Crippen LogP contribution in [0.4, 0.5) is 0 Å². The summed E-state index contributed by atoms with van der Waals surface area (Å²) < 4.78 is 1.60. The van der Waals surface area contributed by atoms with Gasteiger partial charge in [0.25, 0.3) is 5.91 Å². The summed E-state index contributed by atoms with van der Waals surface area (Å²) >= 11 is 0. The smallest absolute Gasteiger partial charge is 0.256 e. The first-order valence-corrected chi connectivity index (χ1v) is 4.94. The molecule has 1 amide bonds. The number of carbonyl (C=O) groups is 1. The van der Waals surface area contributed by atoms with E-state index in [9.17, 15) is 4.79 Å². The third kappa shape index (κ3) is 1.45. The average Bonchev–Trinajstić information content (AvgIpc) is 2.96. The van der Waals surface area contributed by atoms with Crippen LogP contribution < -0.4 is 5.32 Å². The third-order valence-electron chi connectivity index (χ3n) is 2.44. The predicted octanol–water partition coefficient (Wildman–Crippen LogP) is 0.621. The maximum absolute atomic E-state index is 11.8. The highest BCUT2D eigenvalue weighted by Gasteiger charge is 2.25. The van der Waals surface area contributed by atoms with E-state index in [4.69, 9.17) is 0 Å². The van der Waals surface area contributed by atoms with Gasteiger partial charge in [0.05, 0.1) is 6.20 Å². The Labute approximate surface area is 86.1 Å². The Morgan fingerprint density at radius 3 is 3.20 bits per heavy atom. The SMILES string of the molecule is O=C(NC1CC1)c1cnn2cccnc12. The zero-order valence-corrected chi connectivity index (χ0v) is 8.05. The van der Waals surface area contributed by atoms with Crippen molar-refractivity contribution in [1.82, 2.24) is 19.9 Å². The monoisotopic (exact) mass is 202 g/mol. The Balaban J connectivity index is 1.98. The fraction of sp³-hybridized carbons (Fsp3) is 0.300. The first-order valence-electron chi connectivity index (χ1n) is 4.94. The predicted molar refractivity (Wildman–Crippen MR) is 53.5 cm³/mol. The molecule has 0 atom stereocenters. The normalized spacial score (nSPS) is 15.5. The van der Waals surface area contributed by atoms with Gasteiger partial charge in [-0.2, -0.15) is 5.10 Å². The Kier molecular flexibility index (Phi) is 1.71. The van der Waals surface area contributed by atoms with Crippen molar-refractivity contribution < 1.29 is 4.79 Å². The minimum absolute atomic E-state index is 0.0776. The van der Waals surface area contributed by atoms with Crippen LogP contribution in [0.15, 0.2) is 24.7 Å². The van der Waals surface area contributed by atoms with Crippen LogP contribution in [0.2, 0.25) is 0 Å². The van der Waals surface area contributed by atoms with Crippen LogP contribution in [-0.4, -0.2) is 26.5 Å². The number of hydrogen-bond donors (Lipinski definition) is 1. The minimum Gasteiger partial charge on any atom is -0.349 e. The molecule has 15 heavy (non-hydrogen) atoms. The van der Waals surface area contributed by atoms with Gasteiger partial charge < -0.3 is 5.32 Å². The summed E-state index contributed by atoms with van der Waals surface area (Å²) in [6, 6.07) is 2.14. The van der Waals surface area contributed by atoms with Crippen molar-refractivity contribution in [1.29, 1.82) is 0 Å². The van der Waals surface area contributed by atoms with Crippen molar-refractivity contribution in [2.75, 3.05) is 0 Å². The van der Waals surface area contributed by atoms with E-state index in [1.54, 1.807) is 29.2 Å². The van der Waals surface area contributed by atoms with E-state index in [0.717, 1.165) is 12.8 Å². The molecule has 2 aromatic rings. The summed E-state index contributed by atoms with van der Waals surface area (Å²) in [6.45, 7) is 0. The standard InChI is InChI=1S/C10H10N4O/c15-10(13-7-2-3-7)8-6-12-14-5-1-4-11-9(8)14/h1,4-7H,2-3H2,(H,13,15). The second-order valence-electron chi connectivity index (χ2n) is 3.69. The summed E-state index contributed by atoms with van der Waals surface area (Å²) in [5.74, 6) is -0.0776. The molecule has 2 heterocycles. The van der Waals surface area contributed by atoms with Gasteiger partial charge in [0.2, 0.25) is 0 Å². The highest BCUT2D eigenvalue weighted by Crippen LogP contribution is 2.19. The molecule has 0 spiro atoms. The number of nitrogens with zero attached hydrogens (tertiary/aromatic N) is 3. The number of fused-ring (bicyclic) bond motifs is 1. The summed E-state index contributed by atoms with van der Waals surface area (Å²) in [4.78, 5) is 15.9. The van der Waals surface area contributed by atoms with E-state index in [2.05, 4.69) is 15.4 Å². The molecule has 1 fully saturated rings. The molecular weight excluding hydrogens is 192 g/mol. The maximum Gasteiger partial charge on any atom is 0.256 e. The molecule has 0 bridgehead atoms. The molecule has 2 aromatic heterocycles. The number of hydrogen-bond acceptors (Lipinski definition) is 3. The molecule has 0 aliphatic heterocycles. The average molecular weight is 202 g/mol. The molecule has 1 saturated carbocycles. The molecular formula is C10H10N4O. The molecule has 1 aliphatic rings. The van der Waals surface area contributed by atoms with Crippen LogP contribution in [0.1, 0.15) is 23.2 Å². The van der Waals surface area contributed by atoms with Crippen molar-refractivity contribution in [2.24, 2.45) is 0 Å². The third-order valence-corrected chi connectivity index (χ3v) is 2.44. The lowest BCUT2D eigenvalue weighted by Gasteiger charge is -1.99. The molecule has 0 radical (unpaired) electrons. The molecule has 5 heteroatoms. The van der Waals surface area contributed by atoms with Crippen LogP contribution >= 0.6 is 0 Å². The van der Waals surface area contributed by atoms with Crippen LogP contribution in [0.5, 0.6) is 0 Å². The van der Waals surface area contributed by atoms with Gasteiger partial charge in [-0.3, -0.25) is 4.79 Å². The molecule has 3 rings (SSSR count). The molecule has 76 valence electrons. The molecule has 0 aromatic carbocycles. The molecule has 1 N–H and O–H groups in total. The highest BCUT2D eigenvalue weighted by molar-refractivity contribution is 5.99. The van der Waals surface area contributed by atoms with Crippen LogP contribution in [-0.2, 0) is 0 Å².